The number of aliphatic hydroxyl groups is 1. The molecule has 2 N–H and O–H groups in total. The highest BCUT2D eigenvalue weighted by molar-refractivity contribution is 5.93. The molecule has 5 nitrogen and oxygen atoms in total. The fourth-order valence-corrected chi connectivity index (χ4v) is 2.24. The fourth-order valence-electron chi connectivity index (χ4n) is 2.24. The van der Waals surface area contributed by atoms with Gasteiger partial charge in [-0.1, -0.05) is 6.07 Å². The minimum absolute atomic E-state index is 0.196. The van der Waals surface area contributed by atoms with Gasteiger partial charge in [-0.25, -0.2) is 4.98 Å². The van der Waals surface area contributed by atoms with Crippen molar-refractivity contribution < 1.29 is 23.1 Å². The van der Waals surface area contributed by atoms with Crippen LogP contribution in [0.1, 0.15) is 37.2 Å². The van der Waals surface area contributed by atoms with Gasteiger partial charge in [-0.3, -0.25) is 9.20 Å². The summed E-state index contributed by atoms with van der Waals surface area (Å²) in [6.45, 7) is 2.73. The smallest absolute Gasteiger partial charge is 0.388 e. The maximum atomic E-state index is 12.4. The van der Waals surface area contributed by atoms with Crippen molar-refractivity contribution in [3.8, 4) is 0 Å². The maximum absolute atomic E-state index is 12.4. The summed E-state index contributed by atoms with van der Waals surface area (Å²) in [5.74, 6) is -0.585. The van der Waals surface area contributed by atoms with E-state index < -0.39 is 36.6 Å². The topological polar surface area (TPSA) is 66.6 Å². The average molecular weight is 329 g/mol. The quantitative estimate of drug-likeness (QED) is 0.886. The molecule has 0 aliphatic heterocycles. The summed E-state index contributed by atoms with van der Waals surface area (Å²) in [6, 6.07) is 4.13. The molecule has 8 heteroatoms. The van der Waals surface area contributed by atoms with Crippen LogP contribution in [0.15, 0.2) is 30.6 Å². The predicted molar refractivity (Wildman–Crippen MR) is 78.0 cm³/mol. The van der Waals surface area contributed by atoms with Crippen LogP contribution < -0.4 is 5.32 Å². The molecule has 0 aromatic carbocycles. The van der Waals surface area contributed by atoms with Crippen molar-refractivity contribution in [3.63, 3.8) is 0 Å². The number of rotatable bonds is 5. The highest BCUT2D eigenvalue weighted by atomic mass is 19.4. The number of imidazole rings is 1. The Balaban J connectivity index is 2.17. The van der Waals surface area contributed by atoms with Gasteiger partial charge in [-0.05, 0) is 32.4 Å². The molecule has 1 atom stereocenters. The summed E-state index contributed by atoms with van der Waals surface area (Å²) < 4.78 is 38.8. The number of halogens is 3. The zero-order chi connectivity index (χ0) is 17.3. The van der Waals surface area contributed by atoms with Gasteiger partial charge in [0, 0.05) is 12.6 Å². The first-order valence-corrected chi connectivity index (χ1v) is 7.10. The van der Waals surface area contributed by atoms with Crippen molar-refractivity contribution in [1.82, 2.24) is 14.7 Å². The van der Waals surface area contributed by atoms with Crippen LogP contribution in [0.5, 0.6) is 0 Å². The van der Waals surface area contributed by atoms with Crippen molar-refractivity contribution >= 4 is 11.6 Å². The van der Waals surface area contributed by atoms with E-state index in [1.54, 1.807) is 24.4 Å². The Labute approximate surface area is 131 Å². The van der Waals surface area contributed by atoms with Gasteiger partial charge in [-0.2, -0.15) is 13.2 Å². The second-order valence-electron chi connectivity index (χ2n) is 5.91. The van der Waals surface area contributed by atoms with Crippen molar-refractivity contribution in [1.29, 1.82) is 0 Å². The van der Waals surface area contributed by atoms with Crippen LogP contribution in [0.3, 0.4) is 0 Å². The molecule has 2 aromatic rings. The molecule has 126 valence electrons. The number of aromatic nitrogens is 2. The van der Waals surface area contributed by atoms with Crippen molar-refractivity contribution in [2.24, 2.45) is 0 Å². The molecule has 1 unspecified atom stereocenters. The molecule has 0 aliphatic rings. The number of carbonyl (C=O) groups excluding carboxylic acids is 1. The highest BCUT2D eigenvalue weighted by Gasteiger charge is 2.34. The van der Waals surface area contributed by atoms with Crippen LogP contribution in [0.25, 0.3) is 5.65 Å². The maximum Gasteiger partial charge on any atom is 0.389 e. The van der Waals surface area contributed by atoms with Crippen molar-refractivity contribution in [2.45, 2.75) is 44.5 Å². The summed E-state index contributed by atoms with van der Waals surface area (Å²) >= 11 is 0. The van der Waals surface area contributed by atoms with Crippen molar-refractivity contribution in [3.05, 3.63) is 36.3 Å². The van der Waals surface area contributed by atoms with E-state index in [9.17, 15) is 23.1 Å². The summed E-state index contributed by atoms with van der Waals surface area (Å²) in [7, 11) is 0. The van der Waals surface area contributed by atoms with Crippen molar-refractivity contribution in [2.75, 3.05) is 0 Å². The third-order valence-corrected chi connectivity index (χ3v) is 3.52. The number of hydrogen-bond donors (Lipinski definition) is 2. The van der Waals surface area contributed by atoms with Crippen LogP contribution in [-0.4, -0.2) is 38.2 Å². The van der Waals surface area contributed by atoms with Gasteiger partial charge in [0.05, 0.1) is 17.8 Å². The Bertz CT molecular complexity index is 689. The van der Waals surface area contributed by atoms with E-state index in [4.69, 9.17) is 0 Å². The molecule has 23 heavy (non-hydrogen) atoms. The van der Waals surface area contributed by atoms with Gasteiger partial charge in [0.2, 0.25) is 0 Å². The molecule has 0 saturated carbocycles. The Morgan fingerprint density at radius 2 is 2.09 bits per heavy atom. The number of carbonyl (C=O) groups is 1. The zero-order valence-corrected chi connectivity index (χ0v) is 12.8. The lowest BCUT2D eigenvalue weighted by atomic mass is 9.94. The Morgan fingerprint density at radius 1 is 1.39 bits per heavy atom. The average Bonchev–Trinajstić information content (AvgIpc) is 2.84. The first-order valence-electron chi connectivity index (χ1n) is 7.10. The van der Waals surface area contributed by atoms with E-state index in [1.165, 1.54) is 24.4 Å². The number of alkyl halides is 3. The fraction of sp³-hybridized carbons (Fsp3) is 0.467. The van der Waals surface area contributed by atoms with Crippen LogP contribution in [-0.2, 0) is 0 Å². The number of nitrogens with one attached hydrogen (secondary N) is 1. The highest BCUT2D eigenvalue weighted by Crippen LogP contribution is 2.25. The van der Waals surface area contributed by atoms with E-state index in [0.29, 0.717) is 5.65 Å². The third-order valence-electron chi connectivity index (χ3n) is 3.52. The number of amides is 1. The van der Waals surface area contributed by atoms with Crippen LogP contribution in [0, 0.1) is 0 Å². The monoisotopic (exact) mass is 329 g/mol. The SMILES string of the molecule is CC(C)(O)C(CCC(F)(F)F)NC(=O)c1cnc2ccccn12. The Morgan fingerprint density at radius 3 is 2.70 bits per heavy atom. The lowest BCUT2D eigenvalue weighted by Crippen LogP contribution is -2.49. The summed E-state index contributed by atoms with van der Waals surface area (Å²) in [5.41, 5.74) is -0.740. The van der Waals surface area contributed by atoms with E-state index >= 15 is 0 Å². The van der Waals surface area contributed by atoms with Gasteiger partial charge >= 0.3 is 6.18 Å². The molecular weight excluding hydrogens is 311 g/mol. The molecule has 2 rings (SSSR count). The van der Waals surface area contributed by atoms with Crippen LogP contribution in [0.4, 0.5) is 13.2 Å². The van der Waals surface area contributed by atoms with E-state index in [0.717, 1.165) is 0 Å². The van der Waals surface area contributed by atoms with Gasteiger partial charge < -0.3 is 10.4 Å². The molecule has 0 radical (unpaired) electrons. The predicted octanol–water partition coefficient (Wildman–Crippen LogP) is 2.55. The molecule has 0 bridgehead atoms. The first-order chi connectivity index (χ1) is 10.6. The summed E-state index contributed by atoms with van der Waals surface area (Å²) in [5, 5.41) is 12.5. The van der Waals surface area contributed by atoms with E-state index in [-0.39, 0.29) is 5.69 Å². The lowest BCUT2D eigenvalue weighted by molar-refractivity contribution is -0.139. The minimum atomic E-state index is -4.35. The summed E-state index contributed by atoms with van der Waals surface area (Å²) in [6.07, 6.45) is -2.87. The molecule has 2 heterocycles. The minimum Gasteiger partial charge on any atom is -0.388 e. The first kappa shape index (κ1) is 17.3. The van der Waals surface area contributed by atoms with E-state index in [1.807, 2.05) is 0 Å². The van der Waals surface area contributed by atoms with Crippen LogP contribution >= 0.6 is 0 Å². The van der Waals surface area contributed by atoms with Gasteiger partial charge in [-0.15, -0.1) is 0 Å². The second kappa shape index (κ2) is 6.19. The van der Waals surface area contributed by atoms with E-state index in [2.05, 4.69) is 10.3 Å². The third kappa shape index (κ3) is 4.44. The van der Waals surface area contributed by atoms with Gasteiger partial charge in [0.25, 0.3) is 5.91 Å². The molecule has 0 spiro atoms. The zero-order valence-electron chi connectivity index (χ0n) is 12.8. The Hall–Kier alpha value is -2.09. The second-order valence-corrected chi connectivity index (χ2v) is 5.91. The number of nitrogens with zero attached hydrogens (tertiary/aromatic N) is 2. The number of hydrogen-bond acceptors (Lipinski definition) is 3. The molecular formula is C15H18F3N3O2. The van der Waals surface area contributed by atoms with Crippen LogP contribution in [0.2, 0.25) is 0 Å². The summed E-state index contributed by atoms with van der Waals surface area (Å²) in [4.78, 5) is 16.4. The van der Waals surface area contributed by atoms with Gasteiger partial charge in [0.15, 0.2) is 0 Å². The molecule has 0 saturated heterocycles. The molecule has 0 fully saturated rings. The number of fused-ring (bicyclic) bond motifs is 1. The Kier molecular flexibility index (Phi) is 4.65. The number of pyridine rings is 1. The normalized spacial score (nSPS) is 14.0. The molecule has 1 amide bonds. The lowest BCUT2D eigenvalue weighted by Gasteiger charge is -2.30. The standard InChI is InChI=1S/C15H18F3N3O2/c1-14(2,23)11(6-7-15(16,17)18)20-13(22)10-9-19-12-5-3-4-8-21(10)12/h3-5,8-9,11,23H,6-7H2,1-2H3,(H,20,22). The largest absolute Gasteiger partial charge is 0.389 e. The van der Waals surface area contributed by atoms with Gasteiger partial charge in [0.1, 0.15) is 11.3 Å². The molecule has 0 aliphatic carbocycles. The molecule has 2 aromatic heterocycles.